The quantitative estimate of drug-likeness (QED) is 0.480. The van der Waals surface area contributed by atoms with E-state index in [-0.39, 0.29) is 11.3 Å². The minimum Gasteiger partial charge on any atom is -0.565 e. The van der Waals surface area contributed by atoms with Crippen molar-refractivity contribution >= 4 is 19.4 Å². The Hall–Kier alpha value is -2.68. The highest BCUT2D eigenvalue weighted by Crippen LogP contribution is 2.26. The summed E-state index contributed by atoms with van der Waals surface area (Å²) in [5, 5.41) is 17.3. The van der Waals surface area contributed by atoms with Crippen molar-refractivity contribution < 1.29 is 4.65 Å². The van der Waals surface area contributed by atoms with Crippen LogP contribution in [-0.2, 0) is 4.65 Å². The summed E-state index contributed by atoms with van der Waals surface area (Å²) in [5.41, 5.74) is 1.94. The first-order valence-electron chi connectivity index (χ1n) is 5.92. The van der Waals surface area contributed by atoms with E-state index in [4.69, 9.17) is 12.7 Å². The van der Waals surface area contributed by atoms with E-state index in [9.17, 15) is 5.26 Å². The SMILES string of the molecule is [B]O/C(=C(/C#N)c1ccccc1)c1nnc(C)nc1C. The van der Waals surface area contributed by atoms with Gasteiger partial charge < -0.3 is 4.65 Å². The first-order valence-corrected chi connectivity index (χ1v) is 5.92. The molecule has 1 aromatic heterocycles. The number of allylic oxidation sites excluding steroid dienone is 1. The van der Waals surface area contributed by atoms with Crippen LogP contribution in [0.1, 0.15) is 22.8 Å². The Morgan fingerprint density at radius 3 is 2.45 bits per heavy atom. The monoisotopic (exact) mass is 262 g/mol. The predicted molar refractivity (Wildman–Crippen MR) is 75.0 cm³/mol. The Kier molecular flexibility index (Phi) is 4.11. The third-order valence-electron chi connectivity index (χ3n) is 2.70. The summed E-state index contributed by atoms with van der Waals surface area (Å²) in [6, 6.07) is 11.2. The van der Waals surface area contributed by atoms with Crippen molar-refractivity contribution in [3.63, 3.8) is 0 Å². The van der Waals surface area contributed by atoms with Gasteiger partial charge in [0.1, 0.15) is 28.9 Å². The molecule has 0 fully saturated rings. The number of hydrogen-bond donors (Lipinski definition) is 0. The molecule has 2 radical (unpaired) electrons. The molecule has 6 heteroatoms. The second-order valence-electron chi connectivity index (χ2n) is 4.09. The van der Waals surface area contributed by atoms with Crippen LogP contribution in [-0.4, -0.2) is 23.2 Å². The van der Waals surface area contributed by atoms with Crippen molar-refractivity contribution in [1.82, 2.24) is 15.2 Å². The number of aryl methyl sites for hydroxylation is 2. The maximum atomic E-state index is 9.38. The van der Waals surface area contributed by atoms with Gasteiger partial charge in [0.15, 0.2) is 0 Å². The fourth-order valence-corrected chi connectivity index (χ4v) is 1.81. The zero-order chi connectivity index (χ0) is 14.5. The lowest BCUT2D eigenvalue weighted by atomic mass is 10.0. The highest BCUT2D eigenvalue weighted by atomic mass is 16.4. The lowest BCUT2D eigenvalue weighted by molar-refractivity contribution is 0.565. The molecule has 96 valence electrons. The maximum Gasteiger partial charge on any atom is 0.374 e. The minimum absolute atomic E-state index is 0.163. The van der Waals surface area contributed by atoms with Crippen LogP contribution in [0.2, 0.25) is 0 Å². The molecule has 5 nitrogen and oxygen atoms in total. The van der Waals surface area contributed by atoms with Gasteiger partial charge in [0.05, 0.1) is 5.69 Å². The van der Waals surface area contributed by atoms with Crippen LogP contribution < -0.4 is 0 Å². The smallest absolute Gasteiger partial charge is 0.374 e. The topological polar surface area (TPSA) is 71.7 Å². The summed E-state index contributed by atoms with van der Waals surface area (Å²) in [5.74, 6) is 0.706. The standard InChI is InChI=1S/C14H11BN4O/c1-9-13(19-18-10(2)17-9)14(20-15)12(8-16)11-6-4-3-5-7-11/h3-7H,1-2H3/b14-12-. The van der Waals surface area contributed by atoms with Crippen LogP contribution in [0.25, 0.3) is 11.3 Å². The average molecular weight is 262 g/mol. The molecule has 2 aromatic rings. The molecule has 0 aliphatic carbocycles. The van der Waals surface area contributed by atoms with Gasteiger partial charge in [-0.15, -0.1) is 10.2 Å². The summed E-state index contributed by atoms with van der Waals surface area (Å²) in [6.45, 7) is 3.49. The number of benzene rings is 1. The highest BCUT2D eigenvalue weighted by molar-refractivity contribution is 6.06. The van der Waals surface area contributed by atoms with Crippen LogP contribution in [0.5, 0.6) is 0 Å². The fraction of sp³-hybridized carbons (Fsp3) is 0.143. The molecular weight excluding hydrogens is 251 g/mol. The Balaban J connectivity index is 2.65. The second kappa shape index (κ2) is 5.98. The first-order chi connectivity index (χ1) is 9.67. The third kappa shape index (κ3) is 2.67. The van der Waals surface area contributed by atoms with E-state index in [1.807, 2.05) is 18.2 Å². The molecule has 0 aliphatic heterocycles. The predicted octanol–water partition coefficient (Wildman–Crippen LogP) is 1.98. The minimum atomic E-state index is 0.163. The van der Waals surface area contributed by atoms with Gasteiger partial charge >= 0.3 is 8.05 Å². The Morgan fingerprint density at radius 1 is 1.20 bits per heavy atom. The van der Waals surface area contributed by atoms with Crippen molar-refractivity contribution in [2.45, 2.75) is 13.8 Å². The van der Waals surface area contributed by atoms with Crippen LogP contribution in [0.4, 0.5) is 0 Å². The van der Waals surface area contributed by atoms with Crippen LogP contribution >= 0.6 is 0 Å². The summed E-state index contributed by atoms with van der Waals surface area (Å²) in [6.07, 6.45) is 0. The molecule has 0 N–H and O–H groups in total. The van der Waals surface area contributed by atoms with Crippen LogP contribution in [0.3, 0.4) is 0 Å². The highest BCUT2D eigenvalue weighted by Gasteiger charge is 2.16. The molecule has 0 saturated heterocycles. The Morgan fingerprint density at radius 2 is 1.90 bits per heavy atom. The van der Waals surface area contributed by atoms with Crippen LogP contribution in [0.15, 0.2) is 30.3 Å². The Bertz CT molecular complexity index is 692. The van der Waals surface area contributed by atoms with E-state index in [2.05, 4.69) is 21.3 Å². The molecule has 0 unspecified atom stereocenters. The van der Waals surface area contributed by atoms with Gasteiger partial charge in [-0.2, -0.15) is 5.26 Å². The first kappa shape index (κ1) is 13.7. The van der Waals surface area contributed by atoms with Gasteiger partial charge in [-0.1, -0.05) is 30.3 Å². The van der Waals surface area contributed by atoms with E-state index in [0.29, 0.717) is 22.8 Å². The van der Waals surface area contributed by atoms with Crippen molar-refractivity contribution in [1.29, 1.82) is 5.26 Å². The maximum absolute atomic E-state index is 9.38. The molecule has 2 rings (SSSR count). The van der Waals surface area contributed by atoms with Gasteiger partial charge in [0.25, 0.3) is 0 Å². The number of rotatable bonds is 3. The molecule has 0 atom stereocenters. The average Bonchev–Trinajstić information content (AvgIpc) is 2.46. The summed E-state index contributed by atoms with van der Waals surface area (Å²) in [7, 11) is 5.32. The van der Waals surface area contributed by atoms with Crippen molar-refractivity contribution in [3.8, 4) is 6.07 Å². The number of aromatic nitrogens is 3. The van der Waals surface area contributed by atoms with Gasteiger partial charge in [-0.3, -0.25) is 0 Å². The third-order valence-corrected chi connectivity index (χ3v) is 2.70. The van der Waals surface area contributed by atoms with Gasteiger partial charge in [-0.25, -0.2) is 4.98 Å². The molecule has 0 amide bonds. The van der Waals surface area contributed by atoms with Crippen molar-refractivity contribution in [2.24, 2.45) is 0 Å². The molecule has 20 heavy (non-hydrogen) atoms. The summed E-state index contributed by atoms with van der Waals surface area (Å²) >= 11 is 0. The molecule has 0 spiro atoms. The zero-order valence-electron chi connectivity index (χ0n) is 11.2. The molecule has 1 heterocycles. The zero-order valence-corrected chi connectivity index (χ0v) is 11.2. The molecule has 0 saturated carbocycles. The van der Waals surface area contributed by atoms with E-state index < -0.39 is 0 Å². The second-order valence-corrected chi connectivity index (χ2v) is 4.09. The number of hydrogen-bond acceptors (Lipinski definition) is 5. The Labute approximate surface area is 118 Å². The largest absolute Gasteiger partial charge is 0.565 e. The lowest BCUT2D eigenvalue weighted by Crippen LogP contribution is -2.05. The van der Waals surface area contributed by atoms with E-state index in [1.165, 1.54) is 0 Å². The molecule has 0 bridgehead atoms. The molecule has 0 aliphatic rings. The van der Waals surface area contributed by atoms with Gasteiger partial charge in [0.2, 0.25) is 0 Å². The summed E-state index contributed by atoms with van der Waals surface area (Å²) < 4.78 is 4.88. The molecule has 1 aromatic carbocycles. The fourth-order valence-electron chi connectivity index (χ4n) is 1.81. The van der Waals surface area contributed by atoms with E-state index >= 15 is 0 Å². The summed E-state index contributed by atoms with van der Waals surface area (Å²) in [4.78, 5) is 4.20. The van der Waals surface area contributed by atoms with Crippen molar-refractivity contribution in [2.75, 3.05) is 0 Å². The van der Waals surface area contributed by atoms with E-state index in [0.717, 1.165) is 0 Å². The van der Waals surface area contributed by atoms with E-state index in [1.54, 1.807) is 26.0 Å². The van der Waals surface area contributed by atoms with Crippen LogP contribution in [0, 0.1) is 25.2 Å². The normalized spacial score (nSPS) is 11.4. The van der Waals surface area contributed by atoms with Gasteiger partial charge in [-0.05, 0) is 19.4 Å². The number of nitriles is 1. The lowest BCUT2D eigenvalue weighted by Gasteiger charge is -2.11. The van der Waals surface area contributed by atoms with Crippen molar-refractivity contribution in [3.05, 3.63) is 53.1 Å². The molecular formula is C14H11BN4O. The van der Waals surface area contributed by atoms with Gasteiger partial charge in [0, 0.05) is 0 Å². The number of nitrogens with zero attached hydrogens (tertiary/aromatic N) is 4.